The number of halogens is 4. The van der Waals surface area contributed by atoms with Crippen LogP contribution in [0.1, 0.15) is 43.4 Å². The number of nitrogens with zero attached hydrogens (tertiary/aromatic N) is 2. The molecule has 2 aromatic heterocycles. The molecule has 7 nitrogen and oxygen atoms in total. The van der Waals surface area contributed by atoms with Gasteiger partial charge in [0.05, 0.1) is 28.1 Å². The minimum Gasteiger partial charge on any atom is -0.323 e. The zero-order chi connectivity index (χ0) is 25.4. The molecule has 1 atom stereocenters. The van der Waals surface area contributed by atoms with E-state index in [1.54, 1.807) is 12.3 Å². The largest absolute Gasteiger partial charge is 0.417 e. The van der Waals surface area contributed by atoms with E-state index in [1.807, 2.05) is 0 Å². The van der Waals surface area contributed by atoms with Gasteiger partial charge in [0, 0.05) is 23.3 Å². The lowest BCUT2D eigenvalue weighted by Gasteiger charge is -2.14. The number of alkyl halides is 3. The minimum atomic E-state index is -4.59. The zero-order valence-electron chi connectivity index (χ0n) is 18.3. The molecule has 4 rings (SSSR count). The molecular formula is C22H20F4N4O3S2. The summed E-state index contributed by atoms with van der Waals surface area (Å²) in [4.78, 5) is 20.6. The smallest absolute Gasteiger partial charge is 0.323 e. The number of aromatic nitrogens is 2. The van der Waals surface area contributed by atoms with E-state index in [1.165, 1.54) is 18.3 Å². The lowest BCUT2D eigenvalue weighted by atomic mass is 10.0. The standard InChI is InChI=1S/C22H20F4N4O3S2/c1-2-16(19-11-34-21(29-19)30-35(32,33)15-4-5-15)20(31)28-18-6-3-12(8-17(18)23)13-7-14(10-27-9-13)22(24,25)26/h3,6-11,15-16H,2,4-5H2,1H3,(H,28,31)(H,29,30)/t16-/m1/s1. The number of amides is 1. The Bertz CT molecular complexity index is 1350. The van der Waals surface area contributed by atoms with Gasteiger partial charge in [-0.2, -0.15) is 13.2 Å². The van der Waals surface area contributed by atoms with Crippen molar-refractivity contribution in [1.29, 1.82) is 0 Å². The quantitative estimate of drug-likeness (QED) is 0.382. The Morgan fingerprint density at radius 1 is 1.20 bits per heavy atom. The molecule has 2 heterocycles. The second kappa shape index (κ2) is 9.53. The van der Waals surface area contributed by atoms with Gasteiger partial charge in [-0.05, 0) is 43.0 Å². The van der Waals surface area contributed by atoms with Gasteiger partial charge >= 0.3 is 6.18 Å². The van der Waals surface area contributed by atoms with Crippen molar-refractivity contribution in [2.45, 2.75) is 43.5 Å². The SMILES string of the molecule is CC[C@@H](C(=O)Nc1ccc(-c2cncc(C(F)(F)F)c2)cc1F)c1csc(NS(=O)(=O)C2CC2)n1. The van der Waals surface area contributed by atoms with Crippen LogP contribution in [-0.2, 0) is 21.0 Å². The Kier molecular flexibility index (Phi) is 6.82. The predicted octanol–water partition coefficient (Wildman–Crippen LogP) is 5.40. The Labute approximate surface area is 202 Å². The maximum atomic E-state index is 14.7. The van der Waals surface area contributed by atoms with E-state index >= 15 is 0 Å². The number of pyridine rings is 1. The van der Waals surface area contributed by atoms with Gasteiger partial charge in [0.1, 0.15) is 5.82 Å². The third-order valence-corrected chi connectivity index (χ3v) is 8.15. The average molecular weight is 529 g/mol. The van der Waals surface area contributed by atoms with Crippen LogP contribution in [0.3, 0.4) is 0 Å². The summed E-state index contributed by atoms with van der Waals surface area (Å²) >= 11 is 1.05. The fraction of sp³-hybridized carbons (Fsp3) is 0.318. The number of anilines is 2. The summed E-state index contributed by atoms with van der Waals surface area (Å²) in [7, 11) is -3.49. The molecule has 1 amide bonds. The number of nitrogens with one attached hydrogen (secondary N) is 2. The molecule has 1 aliphatic rings. The third kappa shape index (κ3) is 5.78. The zero-order valence-corrected chi connectivity index (χ0v) is 19.9. The number of hydrogen-bond acceptors (Lipinski definition) is 6. The molecule has 1 saturated carbocycles. The van der Waals surface area contributed by atoms with Gasteiger partial charge in [0.25, 0.3) is 0 Å². The van der Waals surface area contributed by atoms with Gasteiger partial charge in [0.15, 0.2) is 5.13 Å². The number of carbonyl (C=O) groups excluding carboxylic acids is 1. The van der Waals surface area contributed by atoms with Gasteiger partial charge in [-0.1, -0.05) is 13.0 Å². The average Bonchev–Trinajstić information content (AvgIpc) is 3.57. The molecule has 0 bridgehead atoms. The van der Waals surface area contributed by atoms with E-state index in [2.05, 4.69) is 20.0 Å². The molecule has 186 valence electrons. The normalized spacial score (nSPS) is 15.0. The summed E-state index contributed by atoms with van der Waals surface area (Å²) < 4.78 is 80.2. The maximum absolute atomic E-state index is 14.7. The summed E-state index contributed by atoms with van der Waals surface area (Å²) in [5.74, 6) is -2.15. The molecule has 0 radical (unpaired) electrons. The first-order valence-electron chi connectivity index (χ1n) is 10.6. The molecular weight excluding hydrogens is 508 g/mol. The van der Waals surface area contributed by atoms with Crippen molar-refractivity contribution in [3.8, 4) is 11.1 Å². The Balaban J connectivity index is 1.48. The lowest BCUT2D eigenvalue weighted by Crippen LogP contribution is -2.22. The van der Waals surface area contributed by atoms with Crippen molar-refractivity contribution in [3.63, 3.8) is 0 Å². The van der Waals surface area contributed by atoms with Crippen molar-refractivity contribution < 1.29 is 30.8 Å². The molecule has 3 aromatic rings. The van der Waals surface area contributed by atoms with Crippen molar-refractivity contribution in [3.05, 3.63) is 59.1 Å². The summed E-state index contributed by atoms with van der Waals surface area (Å²) in [6.07, 6.45) is -1.20. The summed E-state index contributed by atoms with van der Waals surface area (Å²) in [6, 6.07) is 4.52. The molecule has 0 saturated heterocycles. The van der Waals surface area contributed by atoms with Crippen LogP contribution in [0, 0.1) is 5.82 Å². The Hall–Kier alpha value is -3.06. The highest BCUT2D eigenvalue weighted by molar-refractivity contribution is 7.93. The van der Waals surface area contributed by atoms with E-state index in [9.17, 15) is 30.8 Å². The first-order chi connectivity index (χ1) is 16.5. The van der Waals surface area contributed by atoms with Crippen molar-refractivity contribution in [2.24, 2.45) is 0 Å². The van der Waals surface area contributed by atoms with Crippen molar-refractivity contribution in [1.82, 2.24) is 9.97 Å². The third-order valence-electron chi connectivity index (χ3n) is 5.42. The van der Waals surface area contributed by atoms with E-state index < -0.39 is 44.7 Å². The van der Waals surface area contributed by atoms with E-state index in [0.29, 0.717) is 31.2 Å². The Morgan fingerprint density at radius 2 is 1.94 bits per heavy atom. The lowest BCUT2D eigenvalue weighted by molar-refractivity contribution is -0.137. The van der Waals surface area contributed by atoms with Gasteiger partial charge in [-0.3, -0.25) is 14.5 Å². The number of rotatable bonds is 8. The van der Waals surface area contributed by atoms with Gasteiger partial charge in [0.2, 0.25) is 15.9 Å². The van der Waals surface area contributed by atoms with E-state index in [0.717, 1.165) is 23.5 Å². The fourth-order valence-corrected chi connectivity index (χ4v) is 5.73. The highest BCUT2D eigenvalue weighted by atomic mass is 32.2. The molecule has 35 heavy (non-hydrogen) atoms. The van der Waals surface area contributed by atoms with E-state index in [-0.39, 0.29) is 21.9 Å². The van der Waals surface area contributed by atoms with Crippen LogP contribution >= 0.6 is 11.3 Å². The molecule has 0 aliphatic heterocycles. The van der Waals surface area contributed by atoms with Gasteiger partial charge in [-0.25, -0.2) is 17.8 Å². The number of hydrogen-bond donors (Lipinski definition) is 2. The number of benzene rings is 1. The highest BCUT2D eigenvalue weighted by Gasteiger charge is 2.36. The molecule has 2 N–H and O–H groups in total. The molecule has 0 spiro atoms. The minimum absolute atomic E-state index is 0.0756. The van der Waals surface area contributed by atoms with E-state index in [4.69, 9.17) is 0 Å². The molecule has 1 aromatic carbocycles. The van der Waals surface area contributed by atoms with Crippen LogP contribution < -0.4 is 10.0 Å². The second-order valence-corrected chi connectivity index (χ2v) is 10.8. The highest BCUT2D eigenvalue weighted by Crippen LogP contribution is 2.34. The summed E-state index contributed by atoms with van der Waals surface area (Å²) in [5.41, 5.74) is -0.525. The van der Waals surface area contributed by atoms with Crippen LogP contribution in [0.5, 0.6) is 0 Å². The maximum Gasteiger partial charge on any atom is 0.417 e. The van der Waals surface area contributed by atoms with Crippen LogP contribution in [-0.4, -0.2) is 29.5 Å². The Morgan fingerprint density at radius 3 is 2.57 bits per heavy atom. The fourth-order valence-electron chi connectivity index (χ4n) is 3.37. The van der Waals surface area contributed by atoms with Crippen molar-refractivity contribution >= 4 is 38.1 Å². The monoisotopic (exact) mass is 528 g/mol. The number of carbonyl (C=O) groups is 1. The number of thiazole rings is 1. The predicted molar refractivity (Wildman–Crippen MR) is 124 cm³/mol. The van der Waals surface area contributed by atoms with Crippen LogP contribution in [0.15, 0.2) is 42.0 Å². The number of sulfonamides is 1. The first kappa shape index (κ1) is 25.0. The molecule has 1 fully saturated rings. The van der Waals surface area contributed by atoms with Gasteiger partial charge < -0.3 is 5.32 Å². The topological polar surface area (TPSA) is 101 Å². The first-order valence-corrected chi connectivity index (χ1v) is 13.0. The second-order valence-electron chi connectivity index (χ2n) is 8.03. The molecule has 13 heteroatoms. The van der Waals surface area contributed by atoms with Crippen LogP contribution in [0.25, 0.3) is 11.1 Å². The summed E-state index contributed by atoms with van der Waals surface area (Å²) in [6.45, 7) is 1.73. The van der Waals surface area contributed by atoms with Gasteiger partial charge in [-0.15, -0.1) is 11.3 Å². The molecule has 1 aliphatic carbocycles. The summed E-state index contributed by atoms with van der Waals surface area (Å²) in [5, 5.41) is 3.78. The van der Waals surface area contributed by atoms with Crippen LogP contribution in [0.4, 0.5) is 28.4 Å². The van der Waals surface area contributed by atoms with Crippen molar-refractivity contribution in [2.75, 3.05) is 10.0 Å². The van der Waals surface area contributed by atoms with Crippen LogP contribution in [0.2, 0.25) is 0 Å². The molecule has 0 unspecified atom stereocenters.